The molecule has 0 spiro atoms. The van der Waals surface area contributed by atoms with Crippen molar-refractivity contribution >= 4 is 25.8 Å². The molecule has 108 valence electrons. The van der Waals surface area contributed by atoms with Crippen LogP contribution in [0.3, 0.4) is 0 Å². The third kappa shape index (κ3) is 5.50. The first-order chi connectivity index (χ1) is 8.85. The van der Waals surface area contributed by atoms with Crippen molar-refractivity contribution < 1.29 is 18.3 Å². The summed E-state index contributed by atoms with van der Waals surface area (Å²) in [7, 11) is -3.04. The van der Waals surface area contributed by atoms with Crippen molar-refractivity contribution in [3.63, 3.8) is 0 Å². The highest BCUT2D eigenvalue weighted by molar-refractivity contribution is 9.10. The molecular formula is C13H19BrO4S. The Morgan fingerprint density at radius 2 is 2.05 bits per heavy atom. The van der Waals surface area contributed by atoms with Crippen LogP contribution in [0.15, 0.2) is 22.7 Å². The van der Waals surface area contributed by atoms with E-state index in [0.717, 1.165) is 4.47 Å². The number of ether oxygens (including phenoxy) is 1. The van der Waals surface area contributed by atoms with Gasteiger partial charge in [-0.2, -0.15) is 0 Å². The van der Waals surface area contributed by atoms with Gasteiger partial charge in [-0.3, -0.25) is 0 Å². The summed E-state index contributed by atoms with van der Waals surface area (Å²) in [6.45, 7) is 3.57. The summed E-state index contributed by atoms with van der Waals surface area (Å²) >= 11 is 3.32. The quantitative estimate of drug-likeness (QED) is 0.820. The van der Waals surface area contributed by atoms with E-state index in [0.29, 0.717) is 17.7 Å². The molecule has 0 aliphatic carbocycles. The predicted octanol–water partition coefficient (Wildman–Crippen LogP) is 2.71. The summed E-state index contributed by atoms with van der Waals surface area (Å²) in [6.07, 6.45) is -0.0562. The molecule has 0 saturated heterocycles. The second kappa shape index (κ2) is 7.26. The molecule has 0 aromatic heterocycles. The van der Waals surface area contributed by atoms with Gasteiger partial charge in [0.25, 0.3) is 0 Å². The maximum absolute atomic E-state index is 11.6. The zero-order valence-electron chi connectivity index (χ0n) is 11.1. The first kappa shape index (κ1) is 16.5. The number of aliphatic hydroxyl groups is 1. The van der Waals surface area contributed by atoms with Gasteiger partial charge in [-0.15, -0.1) is 0 Å². The van der Waals surface area contributed by atoms with Crippen molar-refractivity contribution in [3.05, 3.63) is 28.2 Å². The van der Waals surface area contributed by atoms with Gasteiger partial charge in [0.15, 0.2) is 9.84 Å². The molecule has 1 aromatic carbocycles. The Bertz CT molecular complexity index is 511. The molecule has 0 aliphatic heterocycles. The third-order valence-corrected chi connectivity index (χ3v) is 4.90. The van der Waals surface area contributed by atoms with Gasteiger partial charge in [-0.05, 0) is 31.5 Å². The zero-order chi connectivity index (χ0) is 14.5. The van der Waals surface area contributed by atoms with Crippen LogP contribution in [-0.4, -0.2) is 31.6 Å². The largest absolute Gasteiger partial charge is 0.492 e. The Labute approximate surface area is 122 Å². The highest BCUT2D eigenvalue weighted by Crippen LogP contribution is 2.28. The lowest BCUT2D eigenvalue weighted by molar-refractivity contribution is 0.192. The summed E-state index contributed by atoms with van der Waals surface area (Å²) < 4.78 is 29.4. The van der Waals surface area contributed by atoms with Crippen LogP contribution in [0.1, 0.15) is 31.9 Å². The van der Waals surface area contributed by atoms with E-state index in [-0.39, 0.29) is 18.1 Å². The molecule has 0 unspecified atom stereocenters. The van der Waals surface area contributed by atoms with Gasteiger partial charge in [0.1, 0.15) is 12.4 Å². The van der Waals surface area contributed by atoms with Crippen molar-refractivity contribution in [3.8, 4) is 5.75 Å². The number of rotatable bonds is 7. The van der Waals surface area contributed by atoms with Gasteiger partial charge in [0.05, 0.1) is 17.6 Å². The minimum atomic E-state index is -3.04. The molecule has 0 bridgehead atoms. The van der Waals surface area contributed by atoms with E-state index >= 15 is 0 Å². The fourth-order valence-corrected chi connectivity index (χ4v) is 3.21. The molecular weight excluding hydrogens is 332 g/mol. The van der Waals surface area contributed by atoms with Gasteiger partial charge >= 0.3 is 0 Å². The number of benzene rings is 1. The number of sulfone groups is 1. The summed E-state index contributed by atoms with van der Waals surface area (Å²) in [5.74, 6) is 0.695. The Balaban J connectivity index is 2.68. The standard InChI is InChI=1S/C13H19BrO4S/c1-3-7-19(16,17)8-6-18-13-5-4-11(14)9-12(13)10(2)15/h4-5,9-10,15H,3,6-8H2,1-2H3/t10-/m1/s1. The van der Waals surface area contributed by atoms with E-state index in [2.05, 4.69) is 15.9 Å². The van der Waals surface area contributed by atoms with Crippen molar-refractivity contribution in [2.45, 2.75) is 26.4 Å². The zero-order valence-corrected chi connectivity index (χ0v) is 13.5. The summed E-state index contributed by atoms with van der Waals surface area (Å²) in [5.41, 5.74) is 0.641. The first-order valence-electron chi connectivity index (χ1n) is 6.16. The van der Waals surface area contributed by atoms with E-state index in [1.165, 1.54) is 0 Å². The van der Waals surface area contributed by atoms with Gasteiger partial charge < -0.3 is 9.84 Å². The van der Waals surface area contributed by atoms with Crippen molar-refractivity contribution in [1.82, 2.24) is 0 Å². The van der Waals surface area contributed by atoms with Crippen LogP contribution in [-0.2, 0) is 9.84 Å². The molecule has 0 aliphatic rings. The minimum absolute atomic E-state index is 0.00382. The van der Waals surface area contributed by atoms with Crippen LogP contribution in [0, 0.1) is 0 Å². The van der Waals surface area contributed by atoms with E-state index in [1.54, 1.807) is 25.1 Å². The van der Waals surface area contributed by atoms with Crippen LogP contribution in [0.2, 0.25) is 0 Å². The van der Waals surface area contributed by atoms with E-state index in [1.807, 2.05) is 6.92 Å². The van der Waals surface area contributed by atoms with Gasteiger partial charge in [0.2, 0.25) is 0 Å². The maximum atomic E-state index is 11.6. The first-order valence-corrected chi connectivity index (χ1v) is 8.78. The van der Waals surface area contributed by atoms with Crippen LogP contribution < -0.4 is 4.74 Å². The molecule has 1 atom stereocenters. The monoisotopic (exact) mass is 350 g/mol. The summed E-state index contributed by atoms with van der Waals surface area (Å²) in [5, 5.41) is 9.65. The topological polar surface area (TPSA) is 63.6 Å². The van der Waals surface area contributed by atoms with Crippen molar-refractivity contribution in [2.75, 3.05) is 18.1 Å². The molecule has 19 heavy (non-hydrogen) atoms. The van der Waals surface area contributed by atoms with E-state index < -0.39 is 15.9 Å². The average Bonchev–Trinajstić information content (AvgIpc) is 2.30. The predicted molar refractivity (Wildman–Crippen MR) is 79.2 cm³/mol. The molecule has 1 rings (SSSR count). The fourth-order valence-electron chi connectivity index (χ4n) is 1.67. The average molecular weight is 351 g/mol. The number of hydrogen-bond donors (Lipinski definition) is 1. The lowest BCUT2D eigenvalue weighted by Gasteiger charge is -2.14. The lowest BCUT2D eigenvalue weighted by Crippen LogP contribution is -2.17. The summed E-state index contributed by atoms with van der Waals surface area (Å²) in [6, 6.07) is 5.28. The highest BCUT2D eigenvalue weighted by atomic mass is 79.9. The smallest absolute Gasteiger partial charge is 0.153 e. The minimum Gasteiger partial charge on any atom is -0.492 e. The van der Waals surface area contributed by atoms with Crippen LogP contribution in [0.4, 0.5) is 0 Å². The Morgan fingerprint density at radius 1 is 1.37 bits per heavy atom. The normalized spacial score (nSPS) is 13.3. The Morgan fingerprint density at radius 3 is 2.63 bits per heavy atom. The number of hydrogen-bond acceptors (Lipinski definition) is 4. The van der Waals surface area contributed by atoms with Crippen molar-refractivity contribution in [2.24, 2.45) is 0 Å². The van der Waals surface area contributed by atoms with E-state index in [4.69, 9.17) is 4.74 Å². The van der Waals surface area contributed by atoms with Crippen LogP contribution >= 0.6 is 15.9 Å². The fraction of sp³-hybridized carbons (Fsp3) is 0.538. The molecule has 1 aromatic rings. The molecule has 4 nitrogen and oxygen atoms in total. The molecule has 0 amide bonds. The van der Waals surface area contributed by atoms with Crippen molar-refractivity contribution in [1.29, 1.82) is 0 Å². The number of halogens is 1. The molecule has 0 fully saturated rings. The maximum Gasteiger partial charge on any atom is 0.153 e. The van der Waals surface area contributed by atoms with Gasteiger partial charge in [0, 0.05) is 10.0 Å². The molecule has 0 saturated carbocycles. The third-order valence-electron chi connectivity index (χ3n) is 2.59. The molecule has 6 heteroatoms. The van der Waals surface area contributed by atoms with Crippen LogP contribution in [0.25, 0.3) is 0 Å². The van der Waals surface area contributed by atoms with E-state index in [9.17, 15) is 13.5 Å². The Hall–Kier alpha value is -0.590. The second-order valence-electron chi connectivity index (χ2n) is 4.36. The van der Waals surface area contributed by atoms with Crippen LogP contribution in [0.5, 0.6) is 5.75 Å². The molecule has 0 radical (unpaired) electrons. The highest BCUT2D eigenvalue weighted by Gasteiger charge is 2.13. The van der Waals surface area contributed by atoms with Gasteiger partial charge in [-0.1, -0.05) is 22.9 Å². The Kier molecular flexibility index (Phi) is 6.29. The van der Waals surface area contributed by atoms with Gasteiger partial charge in [-0.25, -0.2) is 8.42 Å². The number of aliphatic hydroxyl groups excluding tert-OH is 1. The summed E-state index contributed by atoms with van der Waals surface area (Å²) in [4.78, 5) is 0. The molecule has 0 heterocycles. The second-order valence-corrected chi connectivity index (χ2v) is 7.58. The lowest BCUT2D eigenvalue weighted by atomic mass is 10.1. The SMILES string of the molecule is CCCS(=O)(=O)CCOc1ccc(Br)cc1[C@@H](C)O. The molecule has 1 N–H and O–H groups in total.